The maximum atomic E-state index is 12.1. The minimum Gasteiger partial charge on any atom is -0.497 e. The predicted molar refractivity (Wildman–Crippen MR) is 80.7 cm³/mol. The van der Waals surface area contributed by atoms with E-state index in [-0.39, 0.29) is 5.91 Å². The van der Waals surface area contributed by atoms with Crippen molar-refractivity contribution in [3.05, 3.63) is 29.5 Å². The van der Waals surface area contributed by atoms with E-state index in [0.29, 0.717) is 22.3 Å². The Labute approximate surface area is 123 Å². The molecule has 1 fully saturated rings. The summed E-state index contributed by atoms with van der Waals surface area (Å²) in [5, 5.41) is 0.480. The molecule has 1 amide bonds. The minimum atomic E-state index is -0.129. The van der Waals surface area contributed by atoms with Gasteiger partial charge in [-0.25, -0.2) is 0 Å². The van der Waals surface area contributed by atoms with Crippen molar-refractivity contribution in [3.63, 3.8) is 0 Å². The average molecular weight is 292 g/mol. The molecule has 0 spiro atoms. The van der Waals surface area contributed by atoms with Crippen LogP contribution in [0.1, 0.15) is 5.56 Å². The van der Waals surface area contributed by atoms with Crippen LogP contribution in [0.5, 0.6) is 11.5 Å². The molecule has 20 heavy (non-hydrogen) atoms. The number of nitrogens with zero attached hydrogens (tertiary/aromatic N) is 2. The molecular formula is C14H16N2O3S. The van der Waals surface area contributed by atoms with E-state index in [9.17, 15) is 4.79 Å². The summed E-state index contributed by atoms with van der Waals surface area (Å²) in [7, 11) is 6.60. The van der Waals surface area contributed by atoms with Gasteiger partial charge in [0.15, 0.2) is 5.11 Å². The molecule has 1 aromatic rings. The lowest BCUT2D eigenvalue weighted by Gasteiger charge is -2.12. The van der Waals surface area contributed by atoms with Gasteiger partial charge in [0, 0.05) is 25.7 Å². The van der Waals surface area contributed by atoms with E-state index in [0.717, 1.165) is 5.56 Å². The number of likely N-dealkylation sites (N-methyl/N-ethyl adjacent to an activating group) is 2. The van der Waals surface area contributed by atoms with Crippen LogP contribution in [0.25, 0.3) is 6.08 Å². The van der Waals surface area contributed by atoms with Crippen LogP contribution in [0.3, 0.4) is 0 Å². The molecule has 1 aromatic carbocycles. The summed E-state index contributed by atoms with van der Waals surface area (Å²) in [6.07, 6.45) is 1.76. The fourth-order valence-electron chi connectivity index (χ4n) is 1.97. The normalized spacial score (nSPS) is 17.1. The smallest absolute Gasteiger partial charge is 0.276 e. The highest BCUT2D eigenvalue weighted by Crippen LogP contribution is 2.28. The van der Waals surface area contributed by atoms with Gasteiger partial charge in [-0.2, -0.15) is 0 Å². The second kappa shape index (κ2) is 5.50. The number of amides is 1. The van der Waals surface area contributed by atoms with Gasteiger partial charge >= 0.3 is 0 Å². The highest BCUT2D eigenvalue weighted by atomic mass is 32.1. The number of carbonyl (C=O) groups excluding carboxylic acids is 1. The molecule has 2 rings (SSSR count). The van der Waals surface area contributed by atoms with Crippen LogP contribution in [0.4, 0.5) is 0 Å². The fraction of sp³-hybridized carbons (Fsp3) is 0.286. The van der Waals surface area contributed by atoms with Crippen molar-refractivity contribution >= 4 is 29.3 Å². The van der Waals surface area contributed by atoms with Crippen LogP contribution in [0.2, 0.25) is 0 Å². The van der Waals surface area contributed by atoms with E-state index in [1.807, 2.05) is 12.1 Å². The Morgan fingerprint density at radius 1 is 1.15 bits per heavy atom. The van der Waals surface area contributed by atoms with E-state index in [4.69, 9.17) is 21.7 Å². The van der Waals surface area contributed by atoms with Crippen molar-refractivity contribution in [2.75, 3.05) is 28.3 Å². The lowest BCUT2D eigenvalue weighted by molar-refractivity contribution is -0.121. The molecule has 106 valence electrons. The van der Waals surface area contributed by atoms with Gasteiger partial charge in [0.2, 0.25) is 0 Å². The van der Waals surface area contributed by atoms with Crippen molar-refractivity contribution in [1.29, 1.82) is 0 Å². The molecule has 1 aliphatic heterocycles. The summed E-state index contributed by atoms with van der Waals surface area (Å²) in [4.78, 5) is 15.2. The number of hydrogen-bond acceptors (Lipinski definition) is 4. The third kappa shape index (κ3) is 2.34. The first-order valence-electron chi connectivity index (χ1n) is 5.99. The summed E-state index contributed by atoms with van der Waals surface area (Å²) in [6, 6.07) is 5.43. The maximum absolute atomic E-state index is 12.1. The predicted octanol–water partition coefficient (Wildman–Crippen LogP) is 1.73. The van der Waals surface area contributed by atoms with Gasteiger partial charge in [-0.15, -0.1) is 0 Å². The standard InChI is InChI=1S/C14H16N2O3S/c1-15-11(13(17)16(2)14(15)20)7-9-5-6-10(18-3)8-12(9)19-4/h5-8H,1-4H3/b11-7+. The Kier molecular flexibility index (Phi) is 3.94. The van der Waals surface area contributed by atoms with Crippen LogP contribution < -0.4 is 9.47 Å². The molecular weight excluding hydrogens is 276 g/mol. The van der Waals surface area contributed by atoms with E-state index >= 15 is 0 Å². The zero-order valence-electron chi connectivity index (χ0n) is 11.8. The van der Waals surface area contributed by atoms with Gasteiger partial charge in [-0.1, -0.05) is 0 Å². The first-order valence-corrected chi connectivity index (χ1v) is 6.40. The Morgan fingerprint density at radius 2 is 1.85 bits per heavy atom. The number of methoxy groups -OCH3 is 2. The van der Waals surface area contributed by atoms with Gasteiger partial charge < -0.3 is 14.4 Å². The average Bonchev–Trinajstić information content (AvgIpc) is 2.65. The molecule has 0 radical (unpaired) electrons. The summed E-state index contributed by atoms with van der Waals surface area (Å²) in [6.45, 7) is 0. The molecule has 0 aliphatic carbocycles. The Morgan fingerprint density at radius 3 is 2.35 bits per heavy atom. The van der Waals surface area contributed by atoms with E-state index in [1.54, 1.807) is 45.4 Å². The molecule has 6 heteroatoms. The molecule has 1 heterocycles. The number of thiocarbonyl (C=S) groups is 1. The first kappa shape index (κ1) is 14.3. The van der Waals surface area contributed by atoms with Crippen molar-refractivity contribution in [3.8, 4) is 11.5 Å². The van der Waals surface area contributed by atoms with Crippen molar-refractivity contribution in [2.45, 2.75) is 0 Å². The fourth-order valence-corrected chi connectivity index (χ4v) is 2.15. The van der Waals surface area contributed by atoms with Crippen LogP contribution in [0.15, 0.2) is 23.9 Å². The van der Waals surface area contributed by atoms with Crippen molar-refractivity contribution < 1.29 is 14.3 Å². The van der Waals surface area contributed by atoms with Gasteiger partial charge in [0.05, 0.1) is 14.2 Å². The van der Waals surface area contributed by atoms with Crippen LogP contribution in [-0.2, 0) is 4.79 Å². The molecule has 0 atom stereocenters. The second-order valence-electron chi connectivity index (χ2n) is 4.34. The third-order valence-electron chi connectivity index (χ3n) is 3.19. The third-order valence-corrected chi connectivity index (χ3v) is 3.74. The zero-order valence-corrected chi connectivity index (χ0v) is 12.7. The van der Waals surface area contributed by atoms with Crippen LogP contribution in [0, 0.1) is 0 Å². The quantitative estimate of drug-likeness (QED) is 0.627. The van der Waals surface area contributed by atoms with Crippen LogP contribution in [-0.4, -0.2) is 49.1 Å². The first-order chi connectivity index (χ1) is 9.49. The van der Waals surface area contributed by atoms with Gasteiger partial charge in [0.1, 0.15) is 17.2 Å². The van der Waals surface area contributed by atoms with E-state index in [2.05, 4.69) is 0 Å². The number of rotatable bonds is 3. The summed E-state index contributed by atoms with van der Waals surface area (Å²) in [5.41, 5.74) is 1.31. The van der Waals surface area contributed by atoms with E-state index in [1.165, 1.54) is 4.90 Å². The lowest BCUT2D eigenvalue weighted by atomic mass is 10.1. The van der Waals surface area contributed by atoms with E-state index < -0.39 is 0 Å². The zero-order chi connectivity index (χ0) is 14.9. The molecule has 0 saturated carbocycles. The summed E-state index contributed by atoms with van der Waals surface area (Å²) >= 11 is 5.17. The van der Waals surface area contributed by atoms with Gasteiger partial charge in [-0.3, -0.25) is 9.69 Å². The molecule has 0 bridgehead atoms. The number of ether oxygens (including phenoxy) is 2. The summed E-state index contributed by atoms with van der Waals surface area (Å²) < 4.78 is 10.5. The molecule has 1 aliphatic rings. The lowest BCUT2D eigenvalue weighted by Crippen LogP contribution is -2.26. The molecule has 0 unspecified atom stereocenters. The summed E-state index contributed by atoms with van der Waals surface area (Å²) in [5.74, 6) is 1.21. The highest BCUT2D eigenvalue weighted by molar-refractivity contribution is 7.80. The number of benzene rings is 1. The number of hydrogen-bond donors (Lipinski definition) is 0. The Hall–Kier alpha value is -2.08. The van der Waals surface area contributed by atoms with Crippen molar-refractivity contribution in [1.82, 2.24) is 9.80 Å². The molecule has 0 aromatic heterocycles. The molecule has 1 saturated heterocycles. The van der Waals surface area contributed by atoms with Gasteiger partial charge in [0.25, 0.3) is 5.91 Å². The molecule has 5 nitrogen and oxygen atoms in total. The van der Waals surface area contributed by atoms with Crippen molar-refractivity contribution in [2.24, 2.45) is 0 Å². The Balaban J connectivity index is 2.45. The highest BCUT2D eigenvalue weighted by Gasteiger charge is 2.32. The Bertz CT molecular complexity index is 598. The number of carbonyl (C=O) groups is 1. The maximum Gasteiger partial charge on any atom is 0.276 e. The topological polar surface area (TPSA) is 42.0 Å². The SMILES string of the molecule is COc1ccc(/C=C2\C(=O)N(C)C(=S)N2C)c(OC)c1. The van der Waals surface area contributed by atoms with Crippen LogP contribution >= 0.6 is 12.2 Å². The monoisotopic (exact) mass is 292 g/mol. The largest absolute Gasteiger partial charge is 0.497 e. The minimum absolute atomic E-state index is 0.129. The van der Waals surface area contributed by atoms with Gasteiger partial charge in [-0.05, 0) is 30.4 Å². The second-order valence-corrected chi connectivity index (χ2v) is 4.71. The molecule has 0 N–H and O–H groups in total.